The first-order chi connectivity index (χ1) is 9.25. The first-order valence-electron chi connectivity index (χ1n) is 5.89. The van der Waals surface area contributed by atoms with Crippen LogP contribution in [0, 0.1) is 13.8 Å². The van der Waals surface area contributed by atoms with E-state index in [-0.39, 0.29) is 0 Å². The highest BCUT2D eigenvalue weighted by atomic mass is 32.1. The molecule has 19 heavy (non-hydrogen) atoms. The number of hydrazone groups is 1. The Morgan fingerprint density at radius 3 is 3.05 bits per heavy atom. The molecule has 0 saturated heterocycles. The van der Waals surface area contributed by atoms with Crippen LogP contribution in [-0.2, 0) is 0 Å². The molecule has 0 amide bonds. The van der Waals surface area contributed by atoms with Gasteiger partial charge in [0.05, 0.1) is 17.6 Å². The number of hydrogen-bond acceptors (Lipinski definition) is 5. The molecule has 0 saturated carbocycles. The average molecular weight is 271 g/mol. The quantitative estimate of drug-likeness (QED) is 0.588. The molecule has 3 aromatic rings. The van der Waals surface area contributed by atoms with Gasteiger partial charge in [0.2, 0.25) is 0 Å². The Morgan fingerprint density at radius 1 is 1.37 bits per heavy atom. The molecule has 0 aliphatic heterocycles. The number of imidazole rings is 1. The van der Waals surface area contributed by atoms with Crippen molar-refractivity contribution < 1.29 is 0 Å². The summed E-state index contributed by atoms with van der Waals surface area (Å²) in [6.07, 6.45) is 3.51. The van der Waals surface area contributed by atoms with Crippen molar-refractivity contribution in [3.63, 3.8) is 0 Å². The zero-order valence-corrected chi connectivity index (χ0v) is 11.5. The highest BCUT2D eigenvalue weighted by Crippen LogP contribution is 2.19. The van der Waals surface area contributed by atoms with E-state index in [9.17, 15) is 0 Å². The number of aryl methyl sites for hydroxylation is 2. The lowest BCUT2D eigenvalue weighted by Crippen LogP contribution is -1.97. The van der Waals surface area contributed by atoms with Gasteiger partial charge in [0.25, 0.3) is 0 Å². The number of anilines is 1. The lowest BCUT2D eigenvalue weighted by atomic mass is 10.3. The van der Waals surface area contributed by atoms with Gasteiger partial charge in [-0.3, -0.25) is 9.83 Å². The molecule has 0 aliphatic rings. The summed E-state index contributed by atoms with van der Waals surface area (Å²) in [7, 11) is 0. The van der Waals surface area contributed by atoms with Crippen LogP contribution in [0.5, 0.6) is 0 Å². The third-order valence-corrected chi connectivity index (χ3v) is 3.73. The molecular weight excluding hydrogens is 258 g/mol. The first kappa shape index (κ1) is 11.9. The van der Waals surface area contributed by atoms with Gasteiger partial charge in [-0.25, -0.2) is 9.97 Å². The number of rotatable bonds is 3. The average Bonchev–Trinajstić information content (AvgIpc) is 2.92. The molecule has 0 atom stereocenters. The maximum absolute atomic E-state index is 4.51. The van der Waals surface area contributed by atoms with Gasteiger partial charge in [-0.05, 0) is 26.0 Å². The monoisotopic (exact) mass is 271 g/mol. The maximum Gasteiger partial charge on any atom is 0.194 e. The van der Waals surface area contributed by atoms with Crippen molar-refractivity contribution in [1.29, 1.82) is 0 Å². The number of aromatic nitrogens is 3. The smallest absolute Gasteiger partial charge is 0.194 e. The number of nitrogens with one attached hydrogen (secondary N) is 1. The van der Waals surface area contributed by atoms with Gasteiger partial charge in [0, 0.05) is 17.3 Å². The fourth-order valence-electron chi connectivity index (χ4n) is 1.87. The van der Waals surface area contributed by atoms with E-state index in [4.69, 9.17) is 0 Å². The first-order valence-corrected chi connectivity index (χ1v) is 6.77. The van der Waals surface area contributed by atoms with Crippen LogP contribution < -0.4 is 5.43 Å². The van der Waals surface area contributed by atoms with E-state index in [1.807, 2.05) is 25.1 Å². The maximum atomic E-state index is 4.51. The fourth-order valence-corrected chi connectivity index (χ4v) is 2.78. The largest absolute Gasteiger partial charge is 0.286 e. The zero-order chi connectivity index (χ0) is 13.2. The topological polar surface area (TPSA) is 54.6 Å². The van der Waals surface area contributed by atoms with E-state index in [2.05, 4.69) is 37.2 Å². The highest BCUT2D eigenvalue weighted by molar-refractivity contribution is 7.15. The Hall–Kier alpha value is -2.21. The van der Waals surface area contributed by atoms with Gasteiger partial charge in [-0.15, -0.1) is 11.3 Å². The highest BCUT2D eigenvalue weighted by Gasteiger charge is 2.09. The van der Waals surface area contributed by atoms with E-state index in [0.717, 1.165) is 22.2 Å². The Morgan fingerprint density at radius 2 is 2.26 bits per heavy atom. The minimum absolute atomic E-state index is 0.721. The van der Waals surface area contributed by atoms with Crippen molar-refractivity contribution in [2.75, 3.05) is 5.43 Å². The predicted molar refractivity (Wildman–Crippen MR) is 78.0 cm³/mol. The van der Waals surface area contributed by atoms with E-state index < -0.39 is 0 Å². The van der Waals surface area contributed by atoms with Crippen molar-refractivity contribution in [1.82, 2.24) is 14.4 Å². The molecule has 3 aromatic heterocycles. The number of hydrogen-bond donors (Lipinski definition) is 1. The zero-order valence-electron chi connectivity index (χ0n) is 10.7. The second-order valence-electron chi connectivity index (χ2n) is 4.16. The van der Waals surface area contributed by atoms with Crippen LogP contribution in [0.2, 0.25) is 0 Å². The van der Waals surface area contributed by atoms with Gasteiger partial charge in [0.15, 0.2) is 4.96 Å². The summed E-state index contributed by atoms with van der Waals surface area (Å²) in [5.74, 6) is 0.721. The number of thiazole rings is 1. The molecule has 0 radical (unpaired) electrons. The normalized spacial score (nSPS) is 11.5. The van der Waals surface area contributed by atoms with Crippen molar-refractivity contribution in [2.24, 2.45) is 5.10 Å². The fraction of sp³-hybridized carbons (Fsp3) is 0.154. The van der Waals surface area contributed by atoms with Gasteiger partial charge >= 0.3 is 0 Å². The van der Waals surface area contributed by atoms with Crippen LogP contribution in [0.15, 0.2) is 34.9 Å². The summed E-state index contributed by atoms with van der Waals surface area (Å²) in [4.78, 5) is 9.65. The second-order valence-corrected chi connectivity index (χ2v) is 5.00. The molecular formula is C13H13N5S. The number of pyridine rings is 1. The minimum atomic E-state index is 0.721. The summed E-state index contributed by atoms with van der Waals surface area (Å²) in [5.41, 5.74) is 6.04. The molecule has 3 rings (SSSR count). The van der Waals surface area contributed by atoms with Crippen LogP contribution in [0.25, 0.3) is 4.96 Å². The summed E-state index contributed by atoms with van der Waals surface area (Å²) < 4.78 is 2.10. The lowest BCUT2D eigenvalue weighted by Gasteiger charge is -1.98. The standard InChI is InChI=1S/C13H13N5S/c1-9-8-19-13-16-10(2)11(18(9)13)7-15-17-12-5-3-4-6-14-12/h3-8H,1-2H3,(H,14,17). The number of nitrogens with zero attached hydrogens (tertiary/aromatic N) is 4. The third-order valence-electron chi connectivity index (χ3n) is 2.78. The summed E-state index contributed by atoms with van der Waals surface area (Å²) in [6, 6.07) is 5.65. The Bertz CT molecular complexity index is 726. The SMILES string of the molecule is Cc1nc2scc(C)n2c1C=NNc1ccccn1. The second kappa shape index (κ2) is 4.81. The Balaban J connectivity index is 1.89. The van der Waals surface area contributed by atoms with Gasteiger partial charge < -0.3 is 0 Å². The molecule has 0 bridgehead atoms. The summed E-state index contributed by atoms with van der Waals surface area (Å²) >= 11 is 1.64. The molecule has 0 fully saturated rings. The molecule has 0 aromatic carbocycles. The predicted octanol–water partition coefficient (Wildman–Crippen LogP) is 2.85. The minimum Gasteiger partial charge on any atom is -0.286 e. The molecule has 0 aliphatic carbocycles. The van der Waals surface area contributed by atoms with E-state index in [0.29, 0.717) is 0 Å². The van der Waals surface area contributed by atoms with Crippen molar-refractivity contribution >= 4 is 28.3 Å². The molecule has 5 nitrogen and oxygen atoms in total. The van der Waals surface area contributed by atoms with Crippen LogP contribution in [-0.4, -0.2) is 20.6 Å². The van der Waals surface area contributed by atoms with E-state index in [1.165, 1.54) is 5.69 Å². The third kappa shape index (κ3) is 2.22. The summed E-state index contributed by atoms with van der Waals surface area (Å²) in [6.45, 7) is 4.05. The Labute approximate surface area is 114 Å². The van der Waals surface area contributed by atoms with Gasteiger partial charge in [-0.2, -0.15) is 5.10 Å². The van der Waals surface area contributed by atoms with Crippen molar-refractivity contribution in [3.8, 4) is 0 Å². The molecule has 6 heteroatoms. The van der Waals surface area contributed by atoms with Crippen molar-refractivity contribution in [3.05, 3.63) is 46.9 Å². The van der Waals surface area contributed by atoms with Crippen LogP contribution >= 0.6 is 11.3 Å². The van der Waals surface area contributed by atoms with Crippen LogP contribution in [0.3, 0.4) is 0 Å². The molecule has 0 unspecified atom stereocenters. The Kier molecular flexibility index (Phi) is 3.00. The van der Waals surface area contributed by atoms with Crippen LogP contribution in [0.1, 0.15) is 17.1 Å². The molecule has 0 spiro atoms. The van der Waals surface area contributed by atoms with Gasteiger partial charge in [0.1, 0.15) is 5.82 Å². The summed E-state index contributed by atoms with van der Waals surface area (Å²) in [5, 5.41) is 6.31. The van der Waals surface area contributed by atoms with Crippen LogP contribution in [0.4, 0.5) is 5.82 Å². The van der Waals surface area contributed by atoms with E-state index in [1.54, 1.807) is 23.7 Å². The lowest BCUT2D eigenvalue weighted by molar-refractivity contribution is 1.11. The molecule has 96 valence electrons. The molecule has 3 heterocycles. The van der Waals surface area contributed by atoms with Crippen molar-refractivity contribution in [2.45, 2.75) is 13.8 Å². The van der Waals surface area contributed by atoms with Gasteiger partial charge in [-0.1, -0.05) is 6.07 Å². The number of fused-ring (bicyclic) bond motifs is 1. The molecule has 1 N–H and O–H groups in total. The van der Waals surface area contributed by atoms with E-state index >= 15 is 0 Å².